The van der Waals surface area contributed by atoms with Crippen LogP contribution in [0.25, 0.3) is 0 Å². The van der Waals surface area contributed by atoms with Gasteiger partial charge in [-0.25, -0.2) is 13.2 Å². The highest BCUT2D eigenvalue weighted by Gasteiger charge is 2.42. The third kappa shape index (κ3) is 1.52. The summed E-state index contributed by atoms with van der Waals surface area (Å²) in [6.07, 6.45) is 0.789. The molecule has 6 nitrogen and oxygen atoms in total. The molecule has 3 amide bonds. The first kappa shape index (κ1) is 12.3. The van der Waals surface area contributed by atoms with Gasteiger partial charge in [0.1, 0.15) is 4.90 Å². The lowest BCUT2D eigenvalue weighted by Crippen LogP contribution is -2.51. The van der Waals surface area contributed by atoms with Crippen molar-refractivity contribution < 1.29 is 18.0 Å². The van der Waals surface area contributed by atoms with Gasteiger partial charge in [0.05, 0.1) is 5.69 Å². The van der Waals surface area contributed by atoms with Crippen molar-refractivity contribution >= 4 is 27.6 Å². The van der Waals surface area contributed by atoms with E-state index in [4.69, 9.17) is 0 Å². The van der Waals surface area contributed by atoms with E-state index in [0.29, 0.717) is 0 Å². The molecule has 0 fully saturated rings. The third-order valence-corrected chi connectivity index (χ3v) is 4.30. The number of amides is 3. The molecular formula is C11H10N2O4S. The molecule has 0 atom stereocenters. The van der Waals surface area contributed by atoms with Crippen molar-refractivity contribution in [1.82, 2.24) is 4.31 Å². The van der Waals surface area contributed by atoms with Crippen LogP contribution in [-0.2, 0) is 14.8 Å². The fraction of sp³-hybridized carbons (Fsp3) is 0.0909. The fourth-order valence-electron chi connectivity index (χ4n) is 1.69. The van der Waals surface area contributed by atoms with Gasteiger partial charge in [-0.1, -0.05) is 18.7 Å². The second-order valence-electron chi connectivity index (χ2n) is 3.62. The van der Waals surface area contributed by atoms with E-state index in [0.717, 1.165) is 11.0 Å². The van der Waals surface area contributed by atoms with Gasteiger partial charge < -0.3 is 0 Å². The number of sulfonamides is 1. The molecule has 0 aliphatic carbocycles. The van der Waals surface area contributed by atoms with Gasteiger partial charge in [-0.15, -0.1) is 4.31 Å². The number of hydrogen-bond donors (Lipinski definition) is 0. The molecule has 18 heavy (non-hydrogen) atoms. The van der Waals surface area contributed by atoms with Crippen molar-refractivity contribution in [3.8, 4) is 0 Å². The summed E-state index contributed by atoms with van der Waals surface area (Å²) in [7, 11) is -2.75. The lowest BCUT2D eigenvalue weighted by atomic mass is 10.3. The lowest BCUT2D eigenvalue weighted by Gasteiger charge is -2.32. The molecule has 2 rings (SSSR count). The van der Waals surface area contributed by atoms with Crippen LogP contribution in [-0.4, -0.2) is 31.7 Å². The molecular weight excluding hydrogens is 256 g/mol. The third-order valence-electron chi connectivity index (χ3n) is 2.58. The largest absolute Gasteiger partial charge is 0.345 e. The molecule has 1 heterocycles. The summed E-state index contributed by atoms with van der Waals surface area (Å²) in [6, 6.07) is 5.07. The summed E-state index contributed by atoms with van der Waals surface area (Å²) in [5, 5.41) is 0. The highest BCUT2D eigenvalue weighted by atomic mass is 32.2. The number of carbonyl (C=O) groups excluding carboxylic acids is 2. The summed E-state index contributed by atoms with van der Waals surface area (Å²) in [5.41, 5.74) is 0.246. The average molecular weight is 266 g/mol. The molecule has 1 aromatic carbocycles. The van der Waals surface area contributed by atoms with Crippen LogP contribution < -0.4 is 4.90 Å². The topological polar surface area (TPSA) is 74.8 Å². The predicted octanol–water partition coefficient (Wildman–Crippen LogP) is 0.960. The first-order valence-electron chi connectivity index (χ1n) is 4.99. The Bertz CT molecular complexity index is 651. The van der Waals surface area contributed by atoms with Crippen LogP contribution in [0.15, 0.2) is 41.8 Å². The minimum atomic E-state index is -4.15. The Labute approximate surface area is 104 Å². The van der Waals surface area contributed by atoms with E-state index in [1.54, 1.807) is 6.07 Å². The average Bonchev–Trinajstić information content (AvgIpc) is 2.36. The van der Waals surface area contributed by atoms with Crippen LogP contribution in [0, 0.1) is 0 Å². The van der Waals surface area contributed by atoms with E-state index >= 15 is 0 Å². The summed E-state index contributed by atoms with van der Waals surface area (Å²) >= 11 is 0. The standard InChI is InChI=1S/C11H10N2O4S/c1-3-10(14)13-11(15)12(2)8-6-4-5-7-9(8)18(13,16)17/h3-7H,1H2,2H3. The maximum absolute atomic E-state index is 12.2. The number of para-hydroxylation sites is 1. The molecule has 94 valence electrons. The van der Waals surface area contributed by atoms with Gasteiger partial charge in [-0.3, -0.25) is 9.69 Å². The zero-order chi connectivity index (χ0) is 13.5. The van der Waals surface area contributed by atoms with Gasteiger partial charge in [0.15, 0.2) is 0 Å². The molecule has 0 spiro atoms. The zero-order valence-corrected chi connectivity index (χ0v) is 10.3. The van der Waals surface area contributed by atoms with Crippen molar-refractivity contribution in [3.63, 3.8) is 0 Å². The first-order valence-corrected chi connectivity index (χ1v) is 6.43. The maximum Gasteiger partial charge on any atom is 0.345 e. The number of benzene rings is 1. The number of urea groups is 1. The van der Waals surface area contributed by atoms with E-state index < -0.39 is 22.0 Å². The lowest BCUT2D eigenvalue weighted by molar-refractivity contribution is -0.119. The van der Waals surface area contributed by atoms with E-state index in [2.05, 4.69) is 6.58 Å². The monoisotopic (exact) mass is 266 g/mol. The Kier molecular flexibility index (Phi) is 2.70. The van der Waals surface area contributed by atoms with Crippen molar-refractivity contribution in [3.05, 3.63) is 36.9 Å². The first-order chi connectivity index (χ1) is 8.41. The Hall–Kier alpha value is -2.15. The van der Waals surface area contributed by atoms with Crippen molar-refractivity contribution in [2.45, 2.75) is 4.90 Å². The smallest absolute Gasteiger partial charge is 0.295 e. The fourth-order valence-corrected chi connectivity index (χ4v) is 3.24. The van der Waals surface area contributed by atoms with Gasteiger partial charge in [0.25, 0.3) is 15.9 Å². The van der Waals surface area contributed by atoms with Crippen molar-refractivity contribution in [2.24, 2.45) is 0 Å². The van der Waals surface area contributed by atoms with Crippen LogP contribution in [0.2, 0.25) is 0 Å². The van der Waals surface area contributed by atoms with Crippen LogP contribution in [0.5, 0.6) is 0 Å². The number of rotatable bonds is 1. The molecule has 7 heteroatoms. The van der Waals surface area contributed by atoms with Gasteiger partial charge >= 0.3 is 6.03 Å². The van der Waals surface area contributed by atoms with Crippen LogP contribution in [0.3, 0.4) is 0 Å². The van der Waals surface area contributed by atoms with Crippen LogP contribution in [0.1, 0.15) is 0 Å². The zero-order valence-electron chi connectivity index (χ0n) is 9.53. The van der Waals surface area contributed by atoms with Gasteiger partial charge in [0.2, 0.25) is 0 Å². The second-order valence-corrected chi connectivity index (χ2v) is 5.38. The molecule has 0 saturated carbocycles. The van der Waals surface area contributed by atoms with Gasteiger partial charge in [-0.2, -0.15) is 0 Å². The molecule has 0 radical (unpaired) electrons. The van der Waals surface area contributed by atoms with Gasteiger partial charge in [0, 0.05) is 7.05 Å². The van der Waals surface area contributed by atoms with Crippen LogP contribution >= 0.6 is 0 Å². The van der Waals surface area contributed by atoms with Crippen molar-refractivity contribution in [1.29, 1.82) is 0 Å². The Morgan fingerprint density at radius 2 is 1.94 bits per heavy atom. The van der Waals surface area contributed by atoms with E-state index in [1.165, 1.54) is 25.2 Å². The highest BCUT2D eigenvalue weighted by Crippen LogP contribution is 2.33. The quantitative estimate of drug-likeness (QED) is 0.709. The number of anilines is 1. The van der Waals surface area contributed by atoms with E-state index in [1.807, 2.05) is 0 Å². The molecule has 1 aliphatic rings. The second kappa shape index (κ2) is 3.95. The number of nitrogens with zero attached hydrogens (tertiary/aromatic N) is 2. The Morgan fingerprint density at radius 3 is 2.56 bits per heavy atom. The molecule has 0 N–H and O–H groups in total. The summed E-state index contributed by atoms with van der Waals surface area (Å²) in [4.78, 5) is 24.5. The molecule has 0 bridgehead atoms. The number of fused-ring (bicyclic) bond motifs is 1. The number of imide groups is 1. The molecule has 0 unspecified atom stereocenters. The highest BCUT2D eigenvalue weighted by molar-refractivity contribution is 7.90. The summed E-state index contributed by atoms with van der Waals surface area (Å²) in [5.74, 6) is -0.971. The van der Waals surface area contributed by atoms with Crippen molar-refractivity contribution in [2.75, 3.05) is 11.9 Å². The molecule has 0 aromatic heterocycles. The number of carbonyl (C=O) groups is 2. The summed E-state index contributed by atoms with van der Waals surface area (Å²) in [6.45, 7) is 3.19. The normalized spacial score (nSPS) is 17.3. The maximum atomic E-state index is 12.2. The molecule has 0 saturated heterocycles. The Balaban J connectivity index is 2.75. The number of hydrogen-bond acceptors (Lipinski definition) is 4. The van der Waals surface area contributed by atoms with E-state index in [9.17, 15) is 18.0 Å². The predicted molar refractivity (Wildman–Crippen MR) is 64.5 cm³/mol. The molecule has 1 aromatic rings. The minimum Gasteiger partial charge on any atom is -0.295 e. The minimum absolute atomic E-state index is 0.0812. The van der Waals surface area contributed by atoms with Crippen LogP contribution in [0.4, 0.5) is 10.5 Å². The van der Waals surface area contributed by atoms with E-state index in [-0.39, 0.29) is 14.9 Å². The SMILES string of the molecule is C=CC(=O)N1C(=O)N(C)c2ccccc2S1(=O)=O. The molecule has 1 aliphatic heterocycles. The summed E-state index contributed by atoms with van der Waals surface area (Å²) < 4.78 is 24.6. The van der Waals surface area contributed by atoms with Gasteiger partial charge in [-0.05, 0) is 18.2 Å². The Morgan fingerprint density at radius 1 is 1.33 bits per heavy atom.